The van der Waals surface area contributed by atoms with E-state index in [1.54, 1.807) is 61.2 Å². The average Bonchev–Trinajstić information content (AvgIpc) is 2.54. The largest absolute Gasteiger partial charge is 0.452 e. The van der Waals surface area contributed by atoms with Gasteiger partial charge in [-0.05, 0) is 24.3 Å². The van der Waals surface area contributed by atoms with E-state index in [4.69, 9.17) is 20.9 Å². The minimum absolute atomic E-state index is 0.414. The minimum Gasteiger partial charge on any atom is -0.452 e. The number of ether oxygens (including phenoxy) is 2. The summed E-state index contributed by atoms with van der Waals surface area (Å²) in [6.45, 7) is 0. The van der Waals surface area contributed by atoms with Crippen molar-refractivity contribution >= 4 is 11.4 Å². The van der Waals surface area contributed by atoms with Crippen molar-refractivity contribution in [2.45, 2.75) is 0 Å². The number of nitrogens with two attached hydrogens (primary N) is 2. The van der Waals surface area contributed by atoms with Crippen molar-refractivity contribution in [3.05, 3.63) is 61.2 Å². The fourth-order valence-electron chi connectivity index (χ4n) is 1.82. The molecule has 0 aliphatic rings. The Morgan fingerprint density at radius 2 is 1.18 bits per heavy atom. The Morgan fingerprint density at radius 3 is 1.55 bits per heavy atom. The first-order valence-electron chi connectivity index (χ1n) is 6.57. The van der Waals surface area contributed by atoms with E-state index in [0.29, 0.717) is 34.4 Å². The van der Waals surface area contributed by atoms with Gasteiger partial charge in [-0.2, -0.15) is 0 Å². The van der Waals surface area contributed by atoms with E-state index in [1.165, 1.54) is 0 Å². The van der Waals surface area contributed by atoms with Crippen molar-refractivity contribution in [1.82, 2.24) is 9.97 Å². The molecule has 0 unspecified atom stereocenters. The van der Waals surface area contributed by atoms with Gasteiger partial charge in [-0.25, -0.2) is 0 Å². The van der Waals surface area contributed by atoms with Gasteiger partial charge in [0.2, 0.25) is 0 Å². The molecule has 0 saturated heterocycles. The molecule has 6 heteroatoms. The van der Waals surface area contributed by atoms with Gasteiger partial charge in [-0.15, -0.1) is 0 Å². The Bertz CT molecular complexity index is 697. The van der Waals surface area contributed by atoms with Gasteiger partial charge in [0.15, 0.2) is 11.5 Å². The maximum atomic E-state index is 5.85. The van der Waals surface area contributed by atoms with Crippen LogP contribution in [0.15, 0.2) is 61.2 Å². The van der Waals surface area contributed by atoms with Crippen LogP contribution in [0.2, 0.25) is 0 Å². The van der Waals surface area contributed by atoms with Crippen LogP contribution < -0.4 is 20.9 Å². The number of benzene rings is 1. The Morgan fingerprint density at radius 1 is 0.727 bits per heavy atom. The average molecular weight is 294 g/mol. The van der Waals surface area contributed by atoms with Crippen LogP contribution in [-0.4, -0.2) is 9.97 Å². The molecular weight excluding hydrogens is 280 g/mol. The van der Waals surface area contributed by atoms with Crippen LogP contribution >= 0.6 is 0 Å². The van der Waals surface area contributed by atoms with E-state index >= 15 is 0 Å². The summed E-state index contributed by atoms with van der Waals surface area (Å²) in [6, 6.07) is 10.4. The van der Waals surface area contributed by atoms with Gasteiger partial charge in [-0.3, -0.25) is 9.97 Å². The number of hydrogen-bond acceptors (Lipinski definition) is 6. The molecule has 3 aromatic rings. The highest BCUT2D eigenvalue weighted by molar-refractivity contribution is 5.70. The Labute approximate surface area is 127 Å². The molecule has 0 radical (unpaired) electrons. The molecule has 110 valence electrons. The third-order valence-electron chi connectivity index (χ3n) is 2.87. The fraction of sp³-hybridized carbons (Fsp3) is 0. The highest BCUT2D eigenvalue weighted by Crippen LogP contribution is 2.38. The number of pyridine rings is 2. The first-order chi connectivity index (χ1) is 10.7. The molecule has 3 rings (SSSR count). The number of anilines is 2. The molecule has 2 heterocycles. The molecule has 0 bridgehead atoms. The quantitative estimate of drug-likeness (QED) is 0.717. The second-order valence-electron chi connectivity index (χ2n) is 4.51. The second kappa shape index (κ2) is 6.01. The van der Waals surface area contributed by atoms with E-state index in [-0.39, 0.29) is 0 Å². The molecular formula is C16H14N4O2. The maximum absolute atomic E-state index is 5.85. The van der Waals surface area contributed by atoms with Gasteiger partial charge in [0.05, 0.1) is 23.8 Å². The minimum atomic E-state index is 0.414. The normalized spacial score (nSPS) is 10.2. The fourth-order valence-corrected chi connectivity index (χ4v) is 1.82. The first kappa shape index (κ1) is 13.7. The Balaban J connectivity index is 1.95. The molecule has 0 amide bonds. The SMILES string of the molecule is Nc1cc(Oc2cccnc2)c(Oc2cccnc2)cc1N. The van der Waals surface area contributed by atoms with E-state index < -0.39 is 0 Å². The standard InChI is InChI=1S/C16H14N4O2/c17-13-7-15(21-11-3-1-5-19-9-11)16(8-14(13)18)22-12-4-2-6-20-10-12/h1-10H,17-18H2. The van der Waals surface area contributed by atoms with E-state index in [9.17, 15) is 0 Å². The maximum Gasteiger partial charge on any atom is 0.172 e. The zero-order chi connectivity index (χ0) is 15.4. The molecule has 0 fully saturated rings. The highest BCUT2D eigenvalue weighted by Gasteiger charge is 2.11. The van der Waals surface area contributed by atoms with Crippen LogP contribution in [0.25, 0.3) is 0 Å². The third-order valence-corrected chi connectivity index (χ3v) is 2.87. The lowest BCUT2D eigenvalue weighted by molar-refractivity contribution is 0.417. The number of nitrogen functional groups attached to an aromatic ring is 2. The predicted octanol–water partition coefficient (Wildman–Crippen LogP) is 3.23. The van der Waals surface area contributed by atoms with Gasteiger partial charge < -0.3 is 20.9 Å². The lowest BCUT2D eigenvalue weighted by Crippen LogP contribution is -1.98. The molecule has 0 atom stereocenters. The molecule has 6 nitrogen and oxygen atoms in total. The third kappa shape index (κ3) is 3.06. The zero-order valence-electron chi connectivity index (χ0n) is 11.6. The molecule has 0 saturated carbocycles. The van der Waals surface area contributed by atoms with Crippen molar-refractivity contribution in [2.24, 2.45) is 0 Å². The summed E-state index contributed by atoms with van der Waals surface area (Å²) < 4.78 is 11.5. The van der Waals surface area contributed by atoms with Crippen LogP contribution in [-0.2, 0) is 0 Å². The molecule has 0 spiro atoms. The van der Waals surface area contributed by atoms with E-state index in [2.05, 4.69) is 9.97 Å². The van der Waals surface area contributed by atoms with Crippen LogP contribution in [0.5, 0.6) is 23.0 Å². The lowest BCUT2D eigenvalue weighted by atomic mass is 10.2. The van der Waals surface area contributed by atoms with Gasteiger partial charge in [-0.1, -0.05) is 0 Å². The van der Waals surface area contributed by atoms with Crippen LogP contribution in [0.4, 0.5) is 11.4 Å². The molecule has 0 aliphatic heterocycles. The first-order valence-corrected chi connectivity index (χ1v) is 6.57. The second-order valence-corrected chi connectivity index (χ2v) is 4.51. The monoisotopic (exact) mass is 294 g/mol. The van der Waals surface area contributed by atoms with E-state index in [0.717, 1.165) is 0 Å². The van der Waals surface area contributed by atoms with Gasteiger partial charge in [0, 0.05) is 24.5 Å². The summed E-state index contributed by atoms with van der Waals surface area (Å²) in [5.74, 6) is 2.04. The van der Waals surface area contributed by atoms with Crippen LogP contribution in [0.1, 0.15) is 0 Å². The number of rotatable bonds is 4. The Kier molecular flexibility index (Phi) is 3.74. The predicted molar refractivity (Wildman–Crippen MR) is 83.9 cm³/mol. The van der Waals surface area contributed by atoms with Gasteiger partial charge >= 0.3 is 0 Å². The van der Waals surface area contributed by atoms with Gasteiger partial charge in [0.1, 0.15) is 11.5 Å². The summed E-state index contributed by atoms with van der Waals surface area (Å²) in [5, 5.41) is 0. The molecule has 0 aliphatic carbocycles. The van der Waals surface area contributed by atoms with Crippen molar-refractivity contribution < 1.29 is 9.47 Å². The van der Waals surface area contributed by atoms with Crippen molar-refractivity contribution in [2.75, 3.05) is 11.5 Å². The Hall–Kier alpha value is -3.28. The summed E-state index contributed by atoms with van der Waals surface area (Å²) >= 11 is 0. The molecule has 22 heavy (non-hydrogen) atoms. The zero-order valence-corrected chi connectivity index (χ0v) is 11.6. The van der Waals surface area contributed by atoms with Crippen molar-refractivity contribution in [1.29, 1.82) is 0 Å². The summed E-state index contributed by atoms with van der Waals surface area (Å²) in [5.41, 5.74) is 12.5. The van der Waals surface area contributed by atoms with Crippen molar-refractivity contribution in [3.63, 3.8) is 0 Å². The van der Waals surface area contributed by atoms with E-state index in [1.807, 2.05) is 0 Å². The highest BCUT2D eigenvalue weighted by atomic mass is 16.5. The molecule has 1 aromatic carbocycles. The summed E-state index contributed by atoms with van der Waals surface area (Å²) in [7, 11) is 0. The lowest BCUT2D eigenvalue weighted by Gasteiger charge is -2.14. The molecule has 4 N–H and O–H groups in total. The number of aromatic nitrogens is 2. The summed E-state index contributed by atoms with van der Waals surface area (Å²) in [6.07, 6.45) is 6.52. The molecule has 2 aromatic heterocycles. The van der Waals surface area contributed by atoms with Gasteiger partial charge in [0.25, 0.3) is 0 Å². The van der Waals surface area contributed by atoms with Crippen LogP contribution in [0.3, 0.4) is 0 Å². The number of hydrogen-bond donors (Lipinski definition) is 2. The van der Waals surface area contributed by atoms with Crippen LogP contribution in [0, 0.1) is 0 Å². The summed E-state index contributed by atoms with van der Waals surface area (Å²) in [4.78, 5) is 8.01. The van der Waals surface area contributed by atoms with Crippen molar-refractivity contribution in [3.8, 4) is 23.0 Å². The smallest absolute Gasteiger partial charge is 0.172 e. The number of nitrogens with zero attached hydrogens (tertiary/aromatic N) is 2. The topological polar surface area (TPSA) is 96.3 Å².